The van der Waals surface area contributed by atoms with Crippen molar-refractivity contribution in [1.29, 1.82) is 0 Å². The number of nitrogens with one attached hydrogen (secondary N) is 1. The number of carbonyl (C=O) groups is 1. The normalized spacial score (nSPS) is 13.3. The fourth-order valence-electron chi connectivity index (χ4n) is 2.14. The average molecular weight is 313 g/mol. The number of aliphatic carboxylic acids is 1. The molecular weight excluding hydrogens is 299 g/mol. The molecule has 1 aromatic carbocycles. The number of fused-ring (bicyclic) bond motifs is 1. The van der Waals surface area contributed by atoms with Crippen molar-refractivity contribution in [3.63, 3.8) is 0 Å². The van der Waals surface area contributed by atoms with Crippen LogP contribution in [0, 0.1) is 0 Å². The summed E-state index contributed by atoms with van der Waals surface area (Å²) in [5, 5.41) is 15.1. The number of nitrogens with zero attached hydrogens (tertiary/aromatic N) is 2. The molecule has 8 heteroatoms. The Morgan fingerprint density at radius 2 is 1.86 bits per heavy atom. The van der Waals surface area contributed by atoms with Crippen LogP contribution in [0.2, 0.25) is 0 Å². The van der Waals surface area contributed by atoms with Gasteiger partial charge in [0.05, 0.1) is 11.4 Å². The van der Waals surface area contributed by atoms with E-state index in [-0.39, 0.29) is 0 Å². The Balaban J connectivity index is 0.000000217. The van der Waals surface area contributed by atoms with Crippen molar-refractivity contribution < 1.29 is 23.1 Å². The van der Waals surface area contributed by atoms with E-state index in [1.165, 1.54) is 16.8 Å². The molecule has 5 nitrogen and oxygen atoms in total. The zero-order chi connectivity index (χ0) is 16.3. The summed E-state index contributed by atoms with van der Waals surface area (Å²) in [7, 11) is 2.01. The van der Waals surface area contributed by atoms with Crippen LogP contribution in [-0.2, 0) is 24.9 Å². The molecule has 1 aliphatic heterocycles. The molecule has 2 N–H and O–H groups in total. The number of hydrogen-bond donors (Lipinski definition) is 2. The summed E-state index contributed by atoms with van der Waals surface area (Å²) in [4.78, 5) is 8.90. The topological polar surface area (TPSA) is 67.2 Å². The van der Waals surface area contributed by atoms with Gasteiger partial charge in [-0.05, 0) is 0 Å². The lowest BCUT2D eigenvalue weighted by molar-refractivity contribution is -0.192. The maximum Gasteiger partial charge on any atom is 0.490 e. The number of benzene rings is 1. The van der Waals surface area contributed by atoms with Crippen molar-refractivity contribution in [2.75, 3.05) is 0 Å². The first-order valence-corrected chi connectivity index (χ1v) is 6.41. The third-order valence-corrected chi connectivity index (χ3v) is 3.16. The lowest BCUT2D eigenvalue weighted by Crippen LogP contribution is -2.21. The summed E-state index contributed by atoms with van der Waals surface area (Å²) >= 11 is 0. The molecule has 2 heterocycles. The number of rotatable bonds is 1. The lowest BCUT2D eigenvalue weighted by Gasteiger charge is -1.98. The van der Waals surface area contributed by atoms with Crippen molar-refractivity contribution in [2.45, 2.75) is 19.3 Å². The molecule has 0 amide bonds. The van der Waals surface area contributed by atoms with E-state index in [4.69, 9.17) is 9.90 Å². The zero-order valence-electron chi connectivity index (χ0n) is 11.7. The Labute approximate surface area is 124 Å². The monoisotopic (exact) mass is 313 g/mol. The van der Waals surface area contributed by atoms with Crippen LogP contribution >= 0.6 is 0 Å². The minimum absolute atomic E-state index is 0.936. The maximum absolute atomic E-state index is 10.6. The number of carboxylic acid groups (broad SMARTS) is 1. The molecule has 0 atom stereocenters. The van der Waals surface area contributed by atoms with Crippen LogP contribution in [0.1, 0.15) is 11.3 Å². The van der Waals surface area contributed by atoms with E-state index in [2.05, 4.69) is 34.7 Å². The predicted molar refractivity (Wildman–Crippen MR) is 72.9 cm³/mol. The Hall–Kier alpha value is -2.35. The molecule has 0 unspecified atom stereocenters. The molecule has 2 aromatic rings. The van der Waals surface area contributed by atoms with E-state index >= 15 is 0 Å². The predicted octanol–water partition coefficient (Wildman–Crippen LogP) is 2.32. The minimum atomic E-state index is -5.08. The van der Waals surface area contributed by atoms with E-state index in [0.717, 1.165) is 18.8 Å². The van der Waals surface area contributed by atoms with Crippen LogP contribution in [0.5, 0.6) is 0 Å². The number of aryl methyl sites for hydroxylation is 1. The summed E-state index contributed by atoms with van der Waals surface area (Å²) < 4.78 is 33.7. The Morgan fingerprint density at radius 3 is 2.41 bits per heavy atom. The van der Waals surface area contributed by atoms with Gasteiger partial charge in [0.15, 0.2) is 0 Å². The van der Waals surface area contributed by atoms with Gasteiger partial charge in [-0.15, -0.1) is 0 Å². The average Bonchev–Trinajstić information content (AvgIpc) is 3.04. The highest BCUT2D eigenvalue weighted by molar-refractivity contribution is 5.73. The van der Waals surface area contributed by atoms with Crippen molar-refractivity contribution in [2.24, 2.45) is 7.05 Å². The molecule has 3 rings (SSSR count). The summed E-state index contributed by atoms with van der Waals surface area (Å²) in [5.74, 6) is -2.76. The maximum atomic E-state index is 10.6. The molecule has 0 bridgehead atoms. The highest BCUT2D eigenvalue weighted by atomic mass is 19.4. The van der Waals surface area contributed by atoms with Gasteiger partial charge in [0.25, 0.3) is 0 Å². The molecule has 0 spiro atoms. The SMILES string of the molecule is Cn1nc(-c2ccccc2)c2c1CNC2.O=C(O)C(F)(F)F. The summed E-state index contributed by atoms with van der Waals surface area (Å²) in [5.41, 5.74) is 4.99. The van der Waals surface area contributed by atoms with Gasteiger partial charge < -0.3 is 10.4 Å². The Morgan fingerprint density at radius 1 is 1.27 bits per heavy atom. The second kappa shape index (κ2) is 6.18. The van der Waals surface area contributed by atoms with Gasteiger partial charge in [-0.3, -0.25) is 4.68 Å². The Bertz CT molecular complexity index is 666. The molecule has 22 heavy (non-hydrogen) atoms. The fourth-order valence-corrected chi connectivity index (χ4v) is 2.14. The number of halogens is 3. The molecule has 118 valence electrons. The lowest BCUT2D eigenvalue weighted by atomic mass is 10.1. The molecule has 0 aliphatic carbocycles. The first-order valence-electron chi connectivity index (χ1n) is 6.41. The summed E-state index contributed by atoms with van der Waals surface area (Å²) in [6, 6.07) is 10.4. The fraction of sp³-hybridized carbons (Fsp3) is 0.286. The van der Waals surface area contributed by atoms with Gasteiger partial charge in [0.1, 0.15) is 0 Å². The van der Waals surface area contributed by atoms with Gasteiger partial charge in [0.2, 0.25) is 0 Å². The standard InChI is InChI=1S/C12H13N3.C2HF3O2/c1-15-11-8-13-7-10(11)12(14-15)9-5-3-2-4-6-9;3-2(4,5)1(6)7/h2-6,13H,7-8H2,1H3;(H,6,7). The largest absolute Gasteiger partial charge is 0.490 e. The molecule has 1 aliphatic rings. The first-order chi connectivity index (χ1) is 10.3. The summed E-state index contributed by atoms with van der Waals surface area (Å²) in [6.07, 6.45) is -5.08. The van der Waals surface area contributed by atoms with Crippen LogP contribution in [0.25, 0.3) is 11.3 Å². The second-order valence-corrected chi connectivity index (χ2v) is 4.67. The molecule has 1 aromatic heterocycles. The van der Waals surface area contributed by atoms with Crippen molar-refractivity contribution >= 4 is 5.97 Å². The zero-order valence-corrected chi connectivity index (χ0v) is 11.7. The number of carboxylic acids is 1. The van der Waals surface area contributed by atoms with Crippen LogP contribution in [0.4, 0.5) is 13.2 Å². The molecular formula is C14H14F3N3O2. The summed E-state index contributed by atoms with van der Waals surface area (Å²) in [6.45, 7) is 1.87. The van der Waals surface area contributed by atoms with Crippen molar-refractivity contribution in [3.8, 4) is 11.3 Å². The van der Waals surface area contributed by atoms with Crippen molar-refractivity contribution in [3.05, 3.63) is 41.6 Å². The Kier molecular flexibility index (Phi) is 4.51. The van der Waals surface area contributed by atoms with Crippen molar-refractivity contribution in [1.82, 2.24) is 15.1 Å². The second-order valence-electron chi connectivity index (χ2n) is 4.67. The molecule has 0 radical (unpaired) electrons. The van der Waals surface area contributed by atoms with Crippen LogP contribution < -0.4 is 5.32 Å². The van der Waals surface area contributed by atoms with E-state index in [1.54, 1.807) is 0 Å². The molecule has 0 saturated heterocycles. The number of alkyl halides is 3. The van der Waals surface area contributed by atoms with Crippen LogP contribution in [0.3, 0.4) is 0 Å². The number of aromatic nitrogens is 2. The van der Waals surface area contributed by atoms with Gasteiger partial charge in [-0.25, -0.2) is 4.79 Å². The minimum Gasteiger partial charge on any atom is -0.475 e. The third kappa shape index (κ3) is 3.45. The van der Waals surface area contributed by atoms with Gasteiger partial charge >= 0.3 is 12.1 Å². The number of hydrogen-bond acceptors (Lipinski definition) is 3. The highest BCUT2D eigenvalue weighted by Gasteiger charge is 2.38. The highest BCUT2D eigenvalue weighted by Crippen LogP contribution is 2.27. The molecule has 0 fully saturated rings. The van der Waals surface area contributed by atoms with Gasteiger partial charge in [-0.2, -0.15) is 18.3 Å². The quantitative estimate of drug-likeness (QED) is 0.848. The first kappa shape index (κ1) is 16.0. The van der Waals surface area contributed by atoms with E-state index in [1.807, 2.05) is 17.8 Å². The van der Waals surface area contributed by atoms with E-state index < -0.39 is 12.1 Å². The van der Waals surface area contributed by atoms with E-state index in [0.29, 0.717) is 0 Å². The van der Waals surface area contributed by atoms with Gasteiger partial charge in [0, 0.05) is 31.3 Å². The van der Waals surface area contributed by atoms with Crippen LogP contribution in [-0.4, -0.2) is 27.0 Å². The third-order valence-electron chi connectivity index (χ3n) is 3.16. The smallest absolute Gasteiger partial charge is 0.475 e. The van der Waals surface area contributed by atoms with Gasteiger partial charge in [-0.1, -0.05) is 30.3 Å². The molecule has 0 saturated carbocycles. The van der Waals surface area contributed by atoms with Crippen LogP contribution in [0.15, 0.2) is 30.3 Å². The van der Waals surface area contributed by atoms with E-state index in [9.17, 15) is 13.2 Å².